The van der Waals surface area contributed by atoms with Gasteiger partial charge in [-0.05, 0) is 12.3 Å². The van der Waals surface area contributed by atoms with Gasteiger partial charge < -0.3 is 15.2 Å². The number of nitrogens with zero attached hydrogens (tertiary/aromatic N) is 2. The summed E-state index contributed by atoms with van der Waals surface area (Å²) in [4.78, 5) is 19.2. The number of carboxylic acids is 1. The monoisotopic (exact) mass is 267 g/mol. The zero-order valence-corrected chi connectivity index (χ0v) is 11.8. The van der Waals surface area contributed by atoms with Gasteiger partial charge in [0.2, 0.25) is 5.88 Å². The van der Waals surface area contributed by atoms with Crippen LogP contribution in [0.2, 0.25) is 0 Å². The molecular weight excluding hydrogens is 246 g/mol. The molecular formula is C13H21N3O3. The van der Waals surface area contributed by atoms with E-state index < -0.39 is 5.97 Å². The van der Waals surface area contributed by atoms with Crippen molar-refractivity contribution in [1.82, 2.24) is 9.97 Å². The van der Waals surface area contributed by atoms with Gasteiger partial charge in [-0.15, -0.1) is 0 Å². The highest BCUT2D eigenvalue weighted by atomic mass is 16.5. The van der Waals surface area contributed by atoms with E-state index in [1.54, 1.807) is 6.20 Å². The van der Waals surface area contributed by atoms with Crippen LogP contribution >= 0.6 is 0 Å². The molecule has 0 aliphatic heterocycles. The van der Waals surface area contributed by atoms with Crippen LogP contribution < -0.4 is 10.1 Å². The van der Waals surface area contributed by atoms with E-state index in [1.165, 1.54) is 6.20 Å². The van der Waals surface area contributed by atoms with Gasteiger partial charge in [-0.2, -0.15) is 4.98 Å². The molecule has 6 nitrogen and oxygen atoms in total. The van der Waals surface area contributed by atoms with Gasteiger partial charge in [0.25, 0.3) is 0 Å². The Labute approximate surface area is 113 Å². The van der Waals surface area contributed by atoms with Crippen LogP contribution in [0.15, 0.2) is 12.4 Å². The zero-order chi connectivity index (χ0) is 14.5. The van der Waals surface area contributed by atoms with Gasteiger partial charge in [-0.3, -0.25) is 9.78 Å². The molecule has 1 aromatic heterocycles. The minimum Gasteiger partial charge on any atom is -0.481 e. The number of carboxylic acid groups (broad SMARTS) is 1. The predicted octanol–water partition coefficient (Wildman–Crippen LogP) is 2.18. The minimum absolute atomic E-state index is 0.0179. The van der Waals surface area contributed by atoms with E-state index in [0.29, 0.717) is 18.3 Å². The summed E-state index contributed by atoms with van der Waals surface area (Å²) in [5.41, 5.74) is -0.207. The predicted molar refractivity (Wildman–Crippen MR) is 72.3 cm³/mol. The van der Waals surface area contributed by atoms with E-state index in [-0.39, 0.29) is 17.9 Å². The zero-order valence-electron chi connectivity index (χ0n) is 11.8. The first kappa shape index (κ1) is 15.2. The Morgan fingerprint density at radius 3 is 2.68 bits per heavy atom. The third kappa shape index (κ3) is 5.11. The average molecular weight is 267 g/mol. The van der Waals surface area contributed by atoms with E-state index >= 15 is 0 Å². The Bertz CT molecular complexity index is 429. The normalized spacial score (nSPS) is 12.8. The summed E-state index contributed by atoms with van der Waals surface area (Å²) >= 11 is 0. The van der Waals surface area contributed by atoms with Crippen molar-refractivity contribution in [3.63, 3.8) is 0 Å². The van der Waals surface area contributed by atoms with Crippen LogP contribution in [0.4, 0.5) is 5.82 Å². The van der Waals surface area contributed by atoms with Crippen molar-refractivity contribution in [2.75, 3.05) is 11.9 Å². The summed E-state index contributed by atoms with van der Waals surface area (Å²) in [5.74, 6) is 0.101. The summed E-state index contributed by atoms with van der Waals surface area (Å²) in [6.45, 7) is 8.31. The lowest BCUT2D eigenvalue weighted by atomic mass is 9.85. The fourth-order valence-corrected chi connectivity index (χ4v) is 1.56. The lowest BCUT2D eigenvalue weighted by Crippen LogP contribution is -2.36. The molecule has 0 amide bonds. The van der Waals surface area contributed by atoms with Crippen molar-refractivity contribution < 1.29 is 14.6 Å². The molecule has 1 atom stereocenters. The first-order valence-electron chi connectivity index (χ1n) is 6.26. The molecule has 0 aromatic carbocycles. The molecule has 6 heteroatoms. The van der Waals surface area contributed by atoms with Gasteiger partial charge in [-0.25, -0.2) is 0 Å². The molecule has 0 spiro atoms. The summed E-state index contributed by atoms with van der Waals surface area (Å²) in [5, 5.41) is 12.1. The molecule has 19 heavy (non-hydrogen) atoms. The second-order valence-corrected chi connectivity index (χ2v) is 5.34. The maximum Gasteiger partial charge on any atom is 0.305 e. The highest BCUT2D eigenvalue weighted by Crippen LogP contribution is 2.25. The van der Waals surface area contributed by atoms with Crippen molar-refractivity contribution >= 4 is 11.8 Å². The van der Waals surface area contributed by atoms with Crippen LogP contribution in [0.1, 0.15) is 34.1 Å². The van der Waals surface area contributed by atoms with Gasteiger partial charge in [0.05, 0.1) is 25.4 Å². The van der Waals surface area contributed by atoms with E-state index in [2.05, 4.69) is 15.3 Å². The molecule has 0 saturated carbocycles. The van der Waals surface area contributed by atoms with Crippen LogP contribution in [-0.4, -0.2) is 33.7 Å². The number of ether oxygens (including phenoxy) is 1. The molecule has 1 aromatic rings. The summed E-state index contributed by atoms with van der Waals surface area (Å²) in [7, 11) is 0. The Hall–Kier alpha value is -1.85. The van der Waals surface area contributed by atoms with E-state index in [0.717, 1.165) is 0 Å². The third-order valence-corrected chi connectivity index (χ3v) is 2.65. The molecule has 1 heterocycles. The lowest BCUT2D eigenvalue weighted by molar-refractivity contribution is -0.137. The van der Waals surface area contributed by atoms with Crippen molar-refractivity contribution in [3.8, 4) is 5.88 Å². The fourth-order valence-electron chi connectivity index (χ4n) is 1.56. The number of nitrogens with one attached hydrogen (secondary N) is 1. The lowest BCUT2D eigenvalue weighted by Gasteiger charge is -2.30. The molecule has 1 rings (SSSR count). The number of hydrogen-bond donors (Lipinski definition) is 2. The second-order valence-electron chi connectivity index (χ2n) is 5.34. The molecule has 0 aliphatic rings. The van der Waals surface area contributed by atoms with Gasteiger partial charge >= 0.3 is 5.97 Å². The SMILES string of the molecule is CCOc1cncc(NC(CC(=O)O)C(C)(C)C)n1. The maximum absolute atomic E-state index is 10.9. The number of anilines is 1. The molecule has 1 unspecified atom stereocenters. The van der Waals surface area contributed by atoms with Crippen molar-refractivity contribution in [2.45, 2.75) is 40.2 Å². The van der Waals surface area contributed by atoms with E-state index in [1.807, 2.05) is 27.7 Å². The molecule has 0 saturated heterocycles. The molecule has 0 bridgehead atoms. The fraction of sp³-hybridized carbons (Fsp3) is 0.615. The summed E-state index contributed by atoms with van der Waals surface area (Å²) < 4.78 is 5.26. The van der Waals surface area contributed by atoms with E-state index in [4.69, 9.17) is 9.84 Å². The molecule has 0 fully saturated rings. The Kier molecular flexibility index (Phi) is 5.09. The topological polar surface area (TPSA) is 84.3 Å². The van der Waals surface area contributed by atoms with Gasteiger partial charge in [-0.1, -0.05) is 20.8 Å². The standard InChI is InChI=1S/C13H21N3O3/c1-5-19-11-8-14-7-10(16-11)15-9(6-12(17)18)13(2,3)4/h7-9H,5-6H2,1-4H3,(H,15,16)(H,17,18). The van der Waals surface area contributed by atoms with Crippen molar-refractivity contribution in [3.05, 3.63) is 12.4 Å². The number of carbonyl (C=O) groups is 1. The first-order chi connectivity index (χ1) is 8.82. The highest BCUT2D eigenvalue weighted by molar-refractivity contribution is 5.68. The number of rotatable bonds is 6. The van der Waals surface area contributed by atoms with Crippen LogP contribution in [0.25, 0.3) is 0 Å². The Balaban J connectivity index is 2.83. The van der Waals surface area contributed by atoms with Crippen LogP contribution in [0.5, 0.6) is 5.88 Å². The quantitative estimate of drug-likeness (QED) is 0.821. The first-order valence-corrected chi connectivity index (χ1v) is 6.26. The molecule has 2 N–H and O–H groups in total. The Morgan fingerprint density at radius 1 is 1.47 bits per heavy atom. The largest absolute Gasteiger partial charge is 0.481 e. The van der Waals surface area contributed by atoms with Crippen molar-refractivity contribution in [1.29, 1.82) is 0 Å². The maximum atomic E-state index is 10.9. The second kappa shape index (κ2) is 6.36. The van der Waals surface area contributed by atoms with Gasteiger partial charge in [0.15, 0.2) is 0 Å². The van der Waals surface area contributed by atoms with Gasteiger partial charge in [0.1, 0.15) is 5.82 Å². The third-order valence-electron chi connectivity index (χ3n) is 2.65. The average Bonchev–Trinajstić information content (AvgIpc) is 2.27. The van der Waals surface area contributed by atoms with Crippen LogP contribution in [0, 0.1) is 5.41 Å². The van der Waals surface area contributed by atoms with Crippen LogP contribution in [-0.2, 0) is 4.79 Å². The summed E-state index contributed by atoms with van der Waals surface area (Å²) in [6, 6.07) is -0.240. The van der Waals surface area contributed by atoms with Crippen molar-refractivity contribution in [2.24, 2.45) is 5.41 Å². The molecule has 0 aliphatic carbocycles. The number of aromatic nitrogens is 2. The number of hydrogen-bond acceptors (Lipinski definition) is 5. The van der Waals surface area contributed by atoms with E-state index in [9.17, 15) is 4.79 Å². The smallest absolute Gasteiger partial charge is 0.305 e. The van der Waals surface area contributed by atoms with Gasteiger partial charge in [0, 0.05) is 6.04 Å². The summed E-state index contributed by atoms with van der Waals surface area (Å²) in [6.07, 6.45) is 3.10. The highest BCUT2D eigenvalue weighted by Gasteiger charge is 2.27. The van der Waals surface area contributed by atoms with Crippen LogP contribution in [0.3, 0.4) is 0 Å². The minimum atomic E-state index is -0.846. The molecule has 0 radical (unpaired) electrons. The Morgan fingerprint density at radius 2 is 2.16 bits per heavy atom. The number of aliphatic carboxylic acids is 1. The molecule has 106 valence electrons.